The van der Waals surface area contributed by atoms with Crippen LogP contribution >= 0.6 is 11.6 Å². The van der Waals surface area contributed by atoms with Gasteiger partial charge in [0.25, 0.3) is 0 Å². The molecular weight excluding hydrogens is 239 g/mol. The predicted octanol–water partition coefficient (Wildman–Crippen LogP) is 2.66. The number of benzene rings is 1. The number of nitrogens with one attached hydrogen (secondary N) is 1. The molecule has 0 saturated heterocycles. The Hall–Kier alpha value is -1.08. The highest BCUT2D eigenvalue weighted by molar-refractivity contribution is 6.31. The highest BCUT2D eigenvalue weighted by Gasteiger charge is 2.13. The van der Waals surface area contributed by atoms with Crippen molar-refractivity contribution in [1.82, 2.24) is 5.43 Å². The van der Waals surface area contributed by atoms with E-state index in [1.54, 1.807) is 12.1 Å². The SMILES string of the molecule is C#CCCCC(Cc1c(F)cccc1Cl)NN. The molecule has 3 N–H and O–H groups in total. The van der Waals surface area contributed by atoms with E-state index in [0.717, 1.165) is 12.8 Å². The first-order valence-corrected chi connectivity index (χ1v) is 5.89. The summed E-state index contributed by atoms with van der Waals surface area (Å²) in [4.78, 5) is 0. The Morgan fingerprint density at radius 3 is 2.88 bits per heavy atom. The van der Waals surface area contributed by atoms with E-state index in [9.17, 15) is 4.39 Å². The monoisotopic (exact) mass is 254 g/mol. The molecule has 2 nitrogen and oxygen atoms in total. The van der Waals surface area contributed by atoms with Crippen LogP contribution < -0.4 is 11.3 Å². The largest absolute Gasteiger partial charge is 0.271 e. The molecule has 1 rings (SSSR count). The molecule has 92 valence electrons. The van der Waals surface area contributed by atoms with Gasteiger partial charge in [-0.25, -0.2) is 4.39 Å². The van der Waals surface area contributed by atoms with Crippen molar-refractivity contribution in [2.45, 2.75) is 31.7 Å². The second-order valence-electron chi connectivity index (χ2n) is 3.86. The molecule has 4 heteroatoms. The first-order valence-electron chi connectivity index (χ1n) is 5.51. The van der Waals surface area contributed by atoms with Gasteiger partial charge in [0, 0.05) is 23.0 Å². The lowest BCUT2D eigenvalue weighted by Gasteiger charge is -2.16. The number of hydrogen-bond donors (Lipinski definition) is 2. The van der Waals surface area contributed by atoms with Crippen molar-refractivity contribution in [3.8, 4) is 12.3 Å². The maximum absolute atomic E-state index is 13.6. The van der Waals surface area contributed by atoms with E-state index in [-0.39, 0.29) is 11.9 Å². The quantitative estimate of drug-likeness (QED) is 0.355. The normalized spacial score (nSPS) is 12.1. The molecule has 0 saturated carbocycles. The number of hydrogen-bond acceptors (Lipinski definition) is 2. The molecule has 0 radical (unpaired) electrons. The average Bonchev–Trinajstić information content (AvgIpc) is 2.32. The van der Waals surface area contributed by atoms with Crippen molar-refractivity contribution in [2.75, 3.05) is 0 Å². The highest BCUT2D eigenvalue weighted by atomic mass is 35.5. The molecule has 0 amide bonds. The molecule has 1 aromatic rings. The molecular formula is C13H16ClFN2. The zero-order valence-corrected chi connectivity index (χ0v) is 10.3. The highest BCUT2D eigenvalue weighted by Crippen LogP contribution is 2.21. The third-order valence-electron chi connectivity index (χ3n) is 2.62. The molecule has 0 aliphatic rings. The third kappa shape index (κ3) is 4.35. The smallest absolute Gasteiger partial charge is 0.127 e. The van der Waals surface area contributed by atoms with Gasteiger partial charge in [0.15, 0.2) is 0 Å². The lowest BCUT2D eigenvalue weighted by Crippen LogP contribution is -2.37. The van der Waals surface area contributed by atoms with Crippen LogP contribution in [-0.2, 0) is 6.42 Å². The van der Waals surface area contributed by atoms with Gasteiger partial charge in [-0.3, -0.25) is 11.3 Å². The fourth-order valence-electron chi connectivity index (χ4n) is 1.67. The Morgan fingerprint density at radius 2 is 2.29 bits per heavy atom. The minimum absolute atomic E-state index is 0.0160. The minimum atomic E-state index is -0.297. The summed E-state index contributed by atoms with van der Waals surface area (Å²) in [5, 5.41) is 0.433. The van der Waals surface area contributed by atoms with E-state index in [1.807, 2.05) is 0 Å². The van der Waals surface area contributed by atoms with Gasteiger partial charge in [0.05, 0.1) is 0 Å². The molecule has 0 heterocycles. The summed E-state index contributed by atoms with van der Waals surface area (Å²) < 4.78 is 13.6. The summed E-state index contributed by atoms with van der Waals surface area (Å²) in [6.45, 7) is 0. The maximum atomic E-state index is 13.6. The van der Waals surface area contributed by atoms with Crippen molar-refractivity contribution in [2.24, 2.45) is 5.84 Å². The van der Waals surface area contributed by atoms with Crippen LogP contribution in [0.15, 0.2) is 18.2 Å². The van der Waals surface area contributed by atoms with Gasteiger partial charge < -0.3 is 0 Å². The first-order chi connectivity index (χ1) is 8.19. The van der Waals surface area contributed by atoms with Gasteiger partial charge in [0.2, 0.25) is 0 Å². The fraction of sp³-hybridized carbons (Fsp3) is 0.385. The molecule has 0 fully saturated rings. The first kappa shape index (κ1) is 14.0. The van der Waals surface area contributed by atoms with E-state index in [4.69, 9.17) is 23.9 Å². The molecule has 0 aromatic heterocycles. The fourth-order valence-corrected chi connectivity index (χ4v) is 1.91. The van der Waals surface area contributed by atoms with Crippen LogP contribution in [0.3, 0.4) is 0 Å². The van der Waals surface area contributed by atoms with Crippen LogP contribution in [0, 0.1) is 18.2 Å². The van der Waals surface area contributed by atoms with E-state index < -0.39 is 0 Å². The lowest BCUT2D eigenvalue weighted by atomic mass is 10.0. The number of terminal acetylenes is 1. The Morgan fingerprint density at radius 1 is 1.53 bits per heavy atom. The van der Waals surface area contributed by atoms with Crippen LogP contribution in [0.2, 0.25) is 5.02 Å². The Bertz CT molecular complexity index is 381. The lowest BCUT2D eigenvalue weighted by molar-refractivity contribution is 0.470. The zero-order valence-electron chi connectivity index (χ0n) is 9.55. The number of halogens is 2. The van der Waals surface area contributed by atoms with Gasteiger partial charge in [-0.05, 0) is 31.4 Å². The van der Waals surface area contributed by atoms with Crippen molar-refractivity contribution < 1.29 is 4.39 Å². The third-order valence-corrected chi connectivity index (χ3v) is 2.98. The summed E-state index contributed by atoms with van der Waals surface area (Å²) in [6.07, 6.45) is 7.99. The van der Waals surface area contributed by atoms with Crippen LogP contribution in [0.5, 0.6) is 0 Å². The maximum Gasteiger partial charge on any atom is 0.127 e. The Kier molecular flexibility index (Phi) is 5.99. The van der Waals surface area contributed by atoms with Crippen molar-refractivity contribution >= 4 is 11.6 Å². The van der Waals surface area contributed by atoms with Crippen molar-refractivity contribution in [3.63, 3.8) is 0 Å². The molecule has 0 spiro atoms. The standard InChI is InChI=1S/C13H16ClFN2/c1-2-3-4-6-10(17-16)9-11-12(14)7-5-8-13(11)15/h1,5,7-8,10,17H,3-4,6,9,16H2. The summed E-state index contributed by atoms with van der Waals surface area (Å²) in [7, 11) is 0. The number of rotatable bonds is 6. The van der Waals surface area contributed by atoms with Crippen molar-refractivity contribution in [3.05, 3.63) is 34.6 Å². The van der Waals surface area contributed by atoms with Crippen LogP contribution in [0.4, 0.5) is 4.39 Å². The number of unbranched alkanes of at least 4 members (excludes halogenated alkanes) is 1. The van der Waals surface area contributed by atoms with Crippen LogP contribution in [0.1, 0.15) is 24.8 Å². The zero-order chi connectivity index (χ0) is 12.7. The summed E-state index contributed by atoms with van der Waals surface area (Å²) in [6, 6.07) is 4.65. The average molecular weight is 255 g/mol. The van der Waals surface area contributed by atoms with Gasteiger partial charge in [-0.1, -0.05) is 17.7 Å². The summed E-state index contributed by atoms with van der Waals surface area (Å²) in [5.74, 6) is 7.70. The second-order valence-corrected chi connectivity index (χ2v) is 4.27. The van der Waals surface area contributed by atoms with Gasteiger partial charge in [0.1, 0.15) is 5.82 Å². The second kappa shape index (κ2) is 7.29. The predicted molar refractivity (Wildman–Crippen MR) is 68.9 cm³/mol. The topological polar surface area (TPSA) is 38.0 Å². The molecule has 17 heavy (non-hydrogen) atoms. The van der Waals surface area contributed by atoms with Gasteiger partial charge in [-0.15, -0.1) is 12.3 Å². The number of nitrogens with two attached hydrogens (primary N) is 1. The minimum Gasteiger partial charge on any atom is -0.271 e. The van der Waals surface area contributed by atoms with Crippen LogP contribution in [-0.4, -0.2) is 6.04 Å². The molecule has 1 aromatic carbocycles. The molecule has 0 aliphatic carbocycles. The Balaban J connectivity index is 2.64. The molecule has 1 unspecified atom stereocenters. The van der Waals surface area contributed by atoms with E-state index >= 15 is 0 Å². The molecule has 0 aliphatic heterocycles. The Labute approximate surface area is 106 Å². The number of hydrazine groups is 1. The van der Waals surface area contributed by atoms with Gasteiger partial charge in [-0.2, -0.15) is 0 Å². The molecule has 1 atom stereocenters. The van der Waals surface area contributed by atoms with E-state index in [1.165, 1.54) is 6.07 Å². The summed E-state index contributed by atoms with van der Waals surface area (Å²) in [5.41, 5.74) is 3.17. The summed E-state index contributed by atoms with van der Waals surface area (Å²) >= 11 is 5.95. The van der Waals surface area contributed by atoms with Gasteiger partial charge >= 0.3 is 0 Å². The molecule has 0 bridgehead atoms. The van der Waals surface area contributed by atoms with E-state index in [0.29, 0.717) is 23.4 Å². The van der Waals surface area contributed by atoms with E-state index in [2.05, 4.69) is 11.3 Å². The van der Waals surface area contributed by atoms with Crippen molar-refractivity contribution in [1.29, 1.82) is 0 Å². The van der Waals surface area contributed by atoms with Crippen LogP contribution in [0.25, 0.3) is 0 Å².